The fourth-order valence-corrected chi connectivity index (χ4v) is 4.05. The summed E-state index contributed by atoms with van der Waals surface area (Å²) in [6.45, 7) is 0.525. The third-order valence-corrected chi connectivity index (χ3v) is 5.51. The minimum atomic E-state index is -0.478. The van der Waals surface area contributed by atoms with Gasteiger partial charge >= 0.3 is 0 Å². The van der Waals surface area contributed by atoms with E-state index in [0.717, 1.165) is 16.5 Å². The van der Waals surface area contributed by atoms with Crippen LogP contribution in [0.5, 0.6) is 0 Å². The SMILES string of the molecule is CN(C(=O)c1cc2ccccc2[nH]1)[C@@H]1COCc2[nH]c(=O)c3cc(F)ccc3c21. The van der Waals surface area contributed by atoms with Gasteiger partial charge in [-0.25, -0.2) is 4.39 Å². The molecule has 2 aromatic carbocycles. The highest BCUT2D eigenvalue weighted by Crippen LogP contribution is 2.33. The Balaban J connectivity index is 1.60. The van der Waals surface area contributed by atoms with E-state index >= 15 is 0 Å². The quantitative estimate of drug-likeness (QED) is 0.549. The van der Waals surface area contributed by atoms with Crippen LogP contribution in [0.3, 0.4) is 0 Å². The van der Waals surface area contributed by atoms with Gasteiger partial charge in [0.1, 0.15) is 11.5 Å². The van der Waals surface area contributed by atoms with E-state index in [2.05, 4.69) is 9.97 Å². The number of carbonyl (C=O) groups excluding carboxylic acids is 1. The monoisotopic (exact) mass is 391 g/mol. The summed E-state index contributed by atoms with van der Waals surface area (Å²) in [5.41, 5.74) is 2.39. The molecule has 0 saturated carbocycles. The molecule has 29 heavy (non-hydrogen) atoms. The zero-order chi connectivity index (χ0) is 20.1. The number of likely N-dealkylation sites (N-methyl/N-ethyl adjacent to an activating group) is 1. The van der Waals surface area contributed by atoms with Crippen molar-refractivity contribution >= 4 is 27.6 Å². The lowest BCUT2D eigenvalue weighted by Crippen LogP contribution is -2.37. The number of H-pyrrole nitrogens is 2. The molecule has 1 aliphatic heterocycles. The van der Waals surface area contributed by atoms with E-state index in [1.54, 1.807) is 18.0 Å². The van der Waals surface area contributed by atoms with Crippen LogP contribution in [-0.4, -0.2) is 34.4 Å². The first kappa shape index (κ1) is 17.6. The Morgan fingerprint density at radius 1 is 1.14 bits per heavy atom. The van der Waals surface area contributed by atoms with Gasteiger partial charge in [0.25, 0.3) is 11.5 Å². The normalized spacial score (nSPS) is 16.1. The molecule has 0 spiro atoms. The fourth-order valence-electron chi connectivity index (χ4n) is 4.05. The third kappa shape index (κ3) is 2.82. The van der Waals surface area contributed by atoms with Gasteiger partial charge in [-0.2, -0.15) is 0 Å². The van der Waals surface area contributed by atoms with Gasteiger partial charge in [0.05, 0.1) is 24.6 Å². The van der Waals surface area contributed by atoms with Crippen molar-refractivity contribution in [3.05, 3.63) is 81.7 Å². The molecule has 1 amide bonds. The molecule has 3 heterocycles. The third-order valence-electron chi connectivity index (χ3n) is 5.51. The summed E-state index contributed by atoms with van der Waals surface area (Å²) in [6.07, 6.45) is 0. The molecule has 2 N–H and O–H groups in total. The minimum Gasteiger partial charge on any atom is -0.373 e. The van der Waals surface area contributed by atoms with E-state index in [-0.39, 0.29) is 30.1 Å². The molecule has 6 nitrogen and oxygen atoms in total. The fraction of sp³-hybridized carbons (Fsp3) is 0.182. The van der Waals surface area contributed by atoms with Gasteiger partial charge in [-0.3, -0.25) is 9.59 Å². The van der Waals surface area contributed by atoms with E-state index in [1.807, 2.05) is 30.3 Å². The van der Waals surface area contributed by atoms with Crippen molar-refractivity contribution in [2.75, 3.05) is 13.7 Å². The summed E-state index contributed by atoms with van der Waals surface area (Å²) in [7, 11) is 1.71. The van der Waals surface area contributed by atoms with Crippen LogP contribution in [0.1, 0.15) is 27.8 Å². The van der Waals surface area contributed by atoms with Crippen molar-refractivity contribution in [1.82, 2.24) is 14.9 Å². The van der Waals surface area contributed by atoms with Gasteiger partial charge < -0.3 is 19.6 Å². The molecule has 4 aromatic rings. The predicted molar refractivity (Wildman–Crippen MR) is 107 cm³/mol. The van der Waals surface area contributed by atoms with Crippen molar-refractivity contribution in [3.63, 3.8) is 0 Å². The number of aromatic amines is 2. The number of ether oxygens (including phenoxy) is 1. The van der Waals surface area contributed by atoms with Crippen LogP contribution in [0.15, 0.2) is 53.3 Å². The number of halogens is 1. The van der Waals surface area contributed by atoms with Crippen LogP contribution in [0.4, 0.5) is 4.39 Å². The van der Waals surface area contributed by atoms with Gasteiger partial charge in [0.15, 0.2) is 0 Å². The molecule has 0 unspecified atom stereocenters. The van der Waals surface area contributed by atoms with Crippen LogP contribution in [-0.2, 0) is 11.3 Å². The number of amides is 1. The summed E-state index contributed by atoms with van der Waals surface area (Å²) < 4.78 is 19.4. The summed E-state index contributed by atoms with van der Waals surface area (Å²) in [6, 6.07) is 13.2. The molecule has 7 heteroatoms. The van der Waals surface area contributed by atoms with E-state index in [1.165, 1.54) is 12.1 Å². The summed E-state index contributed by atoms with van der Waals surface area (Å²) >= 11 is 0. The first-order chi connectivity index (χ1) is 14.0. The van der Waals surface area contributed by atoms with E-state index < -0.39 is 11.9 Å². The largest absolute Gasteiger partial charge is 0.373 e. The number of nitrogens with one attached hydrogen (secondary N) is 2. The summed E-state index contributed by atoms with van der Waals surface area (Å²) in [5, 5.41) is 1.85. The van der Waals surface area contributed by atoms with Gasteiger partial charge in [-0.1, -0.05) is 24.3 Å². The number of aromatic nitrogens is 2. The number of hydrogen-bond donors (Lipinski definition) is 2. The molecule has 146 valence electrons. The summed E-state index contributed by atoms with van der Waals surface area (Å²) in [5.74, 6) is -0.668. The Morgan fingerprint density at radius 2 is 1.97 bits per heavy atom. The molecule has 0 bridgehead atoms. The van der Waals surface area contributed by atoms with Crippen molar-refractivity contribution < 1.29 is 13.9 Å². The average molecular weight is 391 g/mol. The Morgan fingerprint density at radius 3 is 2.79 bits per heavy atom. The highest BCUT2D eigenvalue weighted by Gasteiger charge is 2.31. The second-order valence-corrected chi connectivity index (χ2v) is 7.25. The highest BCUT2D eigenvalue weighted by atomic mass is 19.1. The highest BCUT2D eigenvalue weighted by molar-refractivity contribution is 5.98. The minimum absolute atomic E-state index is 0.191. The molecule has 5 rings (SSSR count). The van der Waals surface area contributed by atoms with E-state index in [9.17, 15) is 14.0 Å². The van der Waals surface area contributed by atoms with E-state index in [0.29, 0.717) is 16.8 Å². The number of para-hydroxylation sites is 1. The van der Waals surface area contributed by atoms with Gasteiger partial charge in [0, 0.05) is 29.2 Å². The number of rotatable bonds is 2. The van der Waals surface area contributed by atoms with Crippen LogP contribution >= 0.6 is 0 Å². The number of fused-ring (bicyclic) bond motifs is 4. The maximum absolute atomic E-state index is 13.7. The van der Waals surface area contributed by atoms with Crippen LogP contribution < -0.4 is 5.56 Å². The zero-order valence-corrected chi connectivity index (χ0v) is 15.7. The Labute approximate surface area is 164 Å². The van der Waals surface area contributed by atoms with Crippen molar-refractivity contribution in [1.29, 1.82) is 0 Å². The molecule has 0 radical (unpaired) electrons. The molecular formula is C22H18FN3O3. The number of pyridine rings is 1. The van der Waals surface area contributed by atoms with Crippen LogP contribution in [0, 0.1) is 5.82 Å². The average Bonchev–Trinajstić information content (AvgIpc) is 3.16. The maximum atomic E-state index is 13.7. The van der Waals surface area contributed by atoms with E-state index in [4.69, 9.17) is 4.74 Å². The number of benzene rings is 2. The number of hydrogen-bond acceptors (Lipinski definition) is 3. The number of nitrogens with zero attached hydrogens (tertiary/aromatic N) is 1. The van der Waals surface area contributed by atoms with Gasteiger partial charge in [0.2, 0.25) is 0 Å². The van der Waals surface area contributed by atoms with Crippen molar-refractivity contribution in [2.45, 2.75) is 12.6 Å². The molecule has 0 saturated heterocycles. The van der Waals surface area contributed by atoms with Gasteiger partial charge in [-0.15, -0.1) is 0 Å². The molecule has 1 aliphatic rings. The Kier molecular flexibility index (Phi) is 3.99. The second-order valence-electron chi connectivity index (χ2n) is 7.25. The van der Waals surface area contributed by atoms with Crippen molar-refractivity contribution in [3.8, 4) is 0 Å². The Bertz CT molecular complexity index is 1290. The molecular weight excluding hydrogens is 373 g/mol. The molecule has 0 aliphatic carbocycles. The van der Waals surface area contributed by atoms with Gasteiger partial charge in [-0.05, 0) is 29.7 Å². The lowest BCUT2D eigenvalue weighted by atomic mass is 9.95. The zero-order valence-electron chi connectivity index (χ0n) is 15.7. The maximum Gasteiger partial charge on any atom is 0.270 e. The summed E-state index contributed by atoms with van der Waals surface area (Å²) in [4.78, 5) is 33.1. The molecule has 2 aromatic heterocycles. The lowest BCUT2D eigenvalue weighted by molar-refractivity contribution is 0.0333. The first-order valence-corrected chi connectivity index (χ1v) is 9.30. The standard InChI is InChI=1S/C22H18FN3O3/c1-26(22(28)17-8-12-4-2-3-5-16(12)24-17)19-11-29-10-18-20(19)14-7-6-13(23)9-15(14)21(27)25-18/h2-9,19,24H,10-11H2,1H3,(H,25,27)/t19-/m1/s1. The van der Waals surface area contributed by atoms with Crippen LogP contribution in [0.2, 0.25) is 0 Å². The molecule has 1 atom stereocenters. The topological polar surface area (TPSA) is 78.2 Å². The smallest absolute Gasteiger partial charge is 0.270 e. The lowest BCUT2D eigenvalue weighted by Gasteiger charge is -2.33. The first-order valence-electron chi connectivity index (χ1n) is 9.30. The van der Waals surface area contributed by atoms with Crippen LogP contribution in [0.25, 0.3) is 21.7 Å². The Hall–Kier alpha value is -3.45. The molecule has 0 fully saturated rings. The predicted octanol–water partition coefficient (Wildman–Crippen LogP) is 3.49. The van der Waals surface area contributed by atoms with Crippen molar-refractivity contribution in [2.24, 2.45) is 0 Å². The number of carbonyl (C=O) groups is 1. The second kappa shape index (κ2) is 6.56.